The quantitative estimate of drug-likeness (QED) is 0.826. The lowest BCUT2D eigenvalue weighted by Crippen LogP contribution is -2.57. The van der Waals surface area contributed by atoms with Crippen molar-refractivity contribution in [3.63, 3.8) is 0 Å². The molecule has 4 fully saturated rings. The lowest BCUT2D eigenvalue weighted by atomic mass is 9.54. The summed E-state index contributed by atoms with van der Waals surface area (Å²) in [4.78, 5) is 14.4. The summed E-state index contributed by atoms with van der Waals surface area (Å²) in [6.07, 6.45) is 6.99. The average molecular weight is 264 g/mol. The van der Waals surface area contributed by atoms with Crippen LogP contribution in [0.25, 0.3) is 0 Å². The fourth-order valence-corrected chi connectivity index (χ4v) is 5.04. The van der Waals surface area contributed by atoms with Crippen LogP contribution in [0.2, 0.25) is 0 Å². The Balaban J connectivity index is 1.56. The summed E-state index contributed by atoms with van der Waals surface area (Å²) in [7, 11) is 0. The number of nitrogens with one attached hydrogen (secondary N) is 1. The summed E-state index contributed by atoms with van der Waals surface area (Å²) in [5, 5.41) is 3.38. The Labute approximate surface area is 117 Å². The van der Waals surface area contributed by atoms with E-state index in [0.29, 0.717) is 12.6 Å². The molecule has 0 aromatic rings. The molecular weight excluding hydrogens is 236 g/mol. The number of carbonyl (C=O) groups excluding carboxylic acids is 1. The van der Waals surface area contributed by atoms with Crippen LogP contribution in [0.15, 0.2) is 0 Å². The van der Waals surface area contributed by atoms with Gasteiger partial charge in [-0.1, -0.05) is 13.8 Å². The number of rotatable bonds is 5. The van der Waals surface area contributed by atoms with Crippen LogP contribution in [0.4, 0.5) is 0 Å². The second-order valence-corrected chi connectivity index (χ2v) is 6.99. The first-order valence-corrected chi connectivity index (χ1v) is 8.21. The molecule has 4 bridgehead atoms. The monoisotopic (exact) mass is 264 g/mol. The standard InChI is InChI=1S/C16H28N2O/c1-3-18(4-2)10-15(19)17-16-13-6-11-5-12(8-13)9-14(16)7-11/h11-14,16H,3-10H2,1-2H3,(H,17,19). The van der Waals surface area contributed by atoms with E-state index in [1.165, 1.54) is 32.1 Å². The van der Waals surface area contributed by atoms with Gasteiger partial charge in [0.05, 0.1) is 6.54 Å². The maximum atomic E-state index is 12.2. The summed E-state index contributed by atoms with van der Waals surface area (Å²) in [6.45, 7) is 6.76. The van der Waals surface area contributed by atoms with Gasteiger partial charge in [0.25, 0.3) is 0 Å². The molecule has 0 aromatic heterocycles. The third-order valence-corrected chi connectivity index (χ3v) is 5.82. The first-order valence-electron chi connectivity index (χ1n) is 8.21. The molecule has 0 spiro atoms. The van der Waals surface area contributed by atoms with Crippen molar-refractivity contribution in [2.24, 2.45) is 23.7 Å². The molecule has 19 heavy (non-hydrogen) atoms. The zero-order valence-electron chi connectivity index (χ0n) is 12.4. The molecule has 3 nitrogen and oxygen atoms in total. The third-order valence-electron chi connectivity index (χ3n) is 5.82. The van der Waals surface area contributed by atoms with Crippen molar-refractivity contribution in [2.45, 2.75) is 52.0 Å². The van der Waals surface area contributed by atoms with E-state index in [9.17, 15) is 4.79 Å². The van der Waals surface area contributed by atoms with Crippen molar-refractivity contribution in [2.75, 3.05) is 19.6 Å². The van der Waals surface area contributed by atoms with Crippen molar-refractivity contribution >= 4 is 5.91 Å². The van der Waals surface area contributed by atoms with Gasteiger partial charge >= 0.3 is 0 Å². The molecular formula is C16H28N2O. The van der Waals surface area contributed by atoms with Crippen molar-refractivity contribution in [1.29, 1.82) is 0 Å². The molecule has 0 aromatic carbocycles. The van der Waals surface area contributed by atoms with E-state index in [-0.39, 0.29) is 5.91 Å². The summed E-state index contributed by atoms with van der Waals surface area (Å²) >= 11 is 0. The molecule has 4 aliphatic carbocycles. The summed E-state index contributed by atoms with van der Waals surface area (Å²) in [5.74, 6) is 3.80. The molecule has 0 aliphatic heterocycles. The Morgan fingerprint density at radius 2 is 1.53 bits per heavy atom. The second-order valence-electron chi connectivity index (χ2n) is 6.99. The van der Waals surface area contributed by atoms with Gasteiger partial charge in [0.1, 0.15) is 0 Å². The van der Waals surface area contributed by atoms with Crippen molar-refractivity contribution in [1.82, 2.24) is 10.2 Å². The van der Waals surface area contributed by atoms with Crippen LogP contribution >= 0.6 is 0 Å². The van der Waals surface area contributed by atoms with E-state index >= 15 is 0 Å². The minimum absolute atomic E-state index is 0.251. The first-order chi connectivity index (χ1) is 9.19. The molecule has 4 saturated carbocycles. The SMILES string of the molecule is CCN(CC)CC(=O)NC1C2CC3CC(C2)CC1C3. The summed E-state index contributed by atoms with van der Waals surface area (Å²) in [6, 6.07) is 0.496. The highest BCUT2D eigenvalue weighted by Crippen LogP contribution is 2.53. The predicted molar refractivity (Wildman–Crippen MR) is 76.8 cm³/mol. The molecule has 1 N–H and O–H groups in total. The molecule has 0 unspecified atom stereocenters. The minimum Gasteiger partial charge on any atom is -0.352 e. The van der Waals surface area contributed by atoms with Gasteiger partial charge in [0, 0.05) is 6.04 Å². The Morgan fingerprint density at radius 3 is 2.00 bits per heavy atom. The molecule has 0 radical (unpaired) electrons. The number of carbonyl (C=O) groups is 1. The van der Waals surface area contributed by atoms with Crippen molar-refractivity contribution in [3.05, 3.63) is 0 Å². The highest BCUT2D eigenvalue weighted by molar-refractivity contribution is 5.78. The van der Waals surface area contributed by atoms with Gasteiger partial charge < -0.3 is 5.32 Å². The van der Waals surface area contributed by atoms with E-state index in [0.717, 1.165) is 36.8 Å². The van der Waals surface area contributed by atoms with Gasteiger partial charge in [-0.15, -0.1) is 0 Å². The third kappa shape index (κ3) is 2.67. The number of hydrogen-bond acceptors (Lipinski definition) is 2. The fraction of sp³-hybridized carbons (Fsp3) is 0.938. The maximum Gasteiger partial charge on any atom is 0.234 e. The largest absolute Gasteiger partial charge is 0.352 e. The minimum atomic E-state index is 0.251. The van der Waals surface area contributed by atoms with Crippen LogP contribution < -0.4 is 5.32 Å². The summed E-state index contributed by atoms with van der Waals surface area (Å²) < 4.78 is 0. The highest BCUT2D eigenvalue weighted by Gasteiger charge is 2.48. The molecule has 4 rings (SSSR count). The lowest BCUT2D eigenvalue weighted by molar-refractivity contribution is -0.126. The molecule has 108 valence electrons. The number of hydrogen-bond donors (Lipinski definition) is 1. The Morgan fingerprint density at radius 1 is 1.00 bits per heavy atom. The maximum absolute atomic E-state index is 12.2. The molecule has 0 atom stereocenters. The van der Waals surface area contributed by atoms with Crippen LogP contribution in [-0.2, 0) is 4.79 Å². The van der Waals surface area contributed by atoms with Gasteiger partial charge in [-0.3, -0.25) is 9.69 Å². The van der Waals surface area contributed by atoms with E-state index in [4.69, 9.17) is 0 Å². The second kappa shape index (κ2) is 5.43. The topological polar surface area (TPSA) is 32.3 Å². The van der Waals surface area contributed by atoms with Crippen LogP contribution in [0.3, 0.4) is 0 Å². The van der Waals surface area contributed by atoms with E-state index in [1.54, 1.807) is 0 Å². The van der Waals surface area contributed by atoms with Crippen LogP contribution in [-0.4, -0.2) is 36.5 Å². The Kier molecular flexibility index (Phi) is 3.84. The van der Waals surface area contributed by atoms with Gasteiger partial charge in [0.2, 0.25) is 5.91 Å². The molecule has 3 heteroatoms. The van der Waals surface area contributed by atoms with Crippen molar-refractivity contribution < 1.29 is 4.79 Å². The van der Waals surface area contributed by atoms with Gasteiger partial charge in [-0.05, 0) is 68.9 Å². The number of nitrogens with zero attached hydrogens (tertiary/aromatic N) is 1. The van der Waals surface area contributed by atoms with E-state index < -0.39 is 0 Å². The number of likely N-dealkylation sites (N-methyl/N-ethyl adjacent to an activating group) is 1. The molecule has 4 aliphatic rings. The Bertz CT molecular complexity index is 310. The van der Waals surface area contributed by atoms with Crippen LogP contribution in [0.1, 0.15) is 46.0 Å². The molecule has 0 heterocycles. The lowest BCUT2D eigenvalue weighted by Gasteiger charge is -2.54. The van der Waals surface area contributed by atoms with Crippen molar-refractivity contribution in [3.8, 4) is 0 Å². The van der Waals surface area contributed by atoms with Gasteiger partial charge in [-0.25, -0.2) is 0 Å². The van der Waals surface area contributed by atoms with Gasteiger partial charge in [-0.2, -0.15) is 0 Å². The van der Waals surface area contributed by atoms with E-state index in [1.807, 2.05) is 0 Å². The zero-order chi connectivity index (χ0) is 13.4. The smallest absolute Gasteiger partial charge is 0.234 e. The fourth-order valence-electron chi connectivity index (χ4n) is 5.04. The summed E-state index contributed by atoms with van der Waals surface area (Å²) in [5.41, 5.74) is 0. The highest BCUT2D eigenvalue weighted by atomic mass is 16.2. The first kappa shape index (κ1) is 13.4. The zero-order valence-corrected chi connectivity index (χ0v) is 12.4. The van der Waals surface area contributed by atoms with Gasteiger partial charge in [0.15, 0.2) is 0 Å². The van der Waals surface area contributed by atoms with E-state index in [2.05, 4.69) is 24.1 Å². The predicted octanol–water partition coefficient (Wildman–Crippen LogP) is 2.27. The normalized spacial score (nSPS) is 39.8. The molecule has 1 amide bonds. The van der Waals surface area contributed by atoms with Crippen LogP contribution in [0, 0.1) is 23.7 Å². The number of amides is 1. The van der Waals surface area contributed by atoms with Crippen LogP contribution in [0.5, 0.6) is 0 Å². The Hall–Kier alpha value is -0.570. The molecule has 0 saturated heterocycles. The average Bonchev–Trinajstić information content (AvgIpc) is 2.39.